The van der Waals surface area contributed by atoms with Crippen molar-refractivity contribution in [1.29, 1.82) is 0 Å². The second-order valence-corrected chi connectivity index (χ2v) is 16.2. The number of aryl methyl sites for hydroxylation is 6. The van der Waals surface area contributed by atoms with Crippen molar-refractivity contribution < 1.29 is 79.9 Å². The molecular weight excluding hydrogens is 1100 g/mol. The molecule has 7 aromatic carbocycles. The van der Waals surface area contributed by atoms with Crippen molar-refractivity contribution >= 4 is 21.9 Å². The summed E-state index contributed by atoms with van der Waals surface area (Å²) in [6.07, 6.45) is -5.33. The van der Waals surface area contributed by atoms with E-state index in [9.17, 15) is 30.7 Å². The minimum atomic E-state index is -6.69. The van der Waals surface area contributed by atoms with E-state index in [0.717, 1.165) is 29.5 Å². The maximum atomic E-state index is 14.6. The van der Waals surface area contributed by atoms with Crippen molar-refractivity contribution in [2.24, 2.45) is 0 Å². The summed E-state index contributed by atoms with van der Waals surface area (Å²) in [6.45, 7) is -17.0. The van der Waals surface area contributed by atoms with Gasteiger partial charge in [-0.1, -0.05) is 133 Å². The van der Waals surface area contributed by atoms with Crippen LogP contribution in [0.25, 0.3) is 89.0 Å². The molecule has 0 unspecified atom stereocenters. The van der Waals surface area contributed by atoms with Crippen LogP contribution in [0.15, 0.2) is 168 Å². The molecule has 0 aliphatic carbocycles. The van der Waals surface area contributed by atoms with Gasteiger partial charge in [0.25, 0.3) is 0 Å². The van der Waals surface area contributed by atoms with E-state index in [0.29, 0.717) is 33.0 Å². The Labute approximate surface area is 452 Å². The number of nitrogens with zero attached hydrogens (tertiary/aromatic N) is 2. The van der Waals surface area contributed by atoms with Crippen LogP contribution in [0.4, 0.5) is 30.7 Å². The Bertz CT molecular complexity index is 4260. The van der Waals surface area contributed by atoms with Gasteiger partial charge >= 0.3 is 18.0 Å². The van der Waals surface area contributed by atoms with E-state index in [2.05, 4.69) is 22.1 Å². The van der Waals surface area contributed by atoms with Gasteiger partial charge in [-0.3, -0.25) is 0 Å². The third-order valence-electron chi connectivity index (χ3n) is 11.6. The summed E-state index contributed by atoms with van der Waals surface area (Å²) in [5.41, 5.74) is -1.23. The maximum Gasteiger partial charge on any atom is 0.460 e. The molecule has 0 bridgehead atoms. The van der Waals surface area contributed by atoms with Crippen LogP contribution < -0.4 is 0 Å². The van der Waals surface area contributed by atoms with Crippen LogP contribution in [-0.4, -0.2) is 22.1 Å². The normalized spacial score (nSPS) is 16.6. The van der Waals surface area contributed by atoms with Crippen LogP contribution in [0.2, 0.25) is 0 Å². The molecule has 3 aromatic heterocycles. The van der Waals surface area contributed by atoms with Gasteiger partial charge in [-0.25, -0.2) is 0 Å². The second-order valence-electron chi connectivity index (χ2n) is 16.2. The van der Waals surface area contributed by atoms with Gasteiger partial charge in [-0.2, -0.15) is 30.7 Å². The molecule has 1 radical (unpaired) electrons. The molecule has 72 heavy (non-hydrogen) atoms. The number of pyridine rings is 2. The minimum absolute atomic E-state index is 0. The zero-order valence-electron chi connectivity index (χ0n) is 54.9. The first-order chi connectivity index (χ1) is 41.1. The third-order valence-corrected chi connectivity index (χ3v) is 11.6. The molecule has 10 aromatic rings. The Morgan fingerprint density at radius 1 is 0.500 bits per heavy atom. The third kappa shape index (κ3) is 9.63. The first-order valence-corrected chi connectivity index (χ1v) is 21.3. The van der Waals surface area contributed by atoms with Gasteiger partial charge in [-0.05, 0) is 125 Å². The SMILES string of the molecule is [2H]C([2H])([2H])c1c[c-]c(-c2cc(C(F)(F)C(F)(F)C(F)(F)F)c(C([2H])([2H])[2H])cn2)cc1-c1ccccc1.[2H]C([2H])([2H])c1cc(-c2cccc(-c3ccccc3)c2)c2oc3c(-c4cc(-c5c(C([2H])([2H])[2H])cccc5C([2H])([2H])[2H])c(C([2H])([2H])[2H])cn4)[c-]ccc3c2c1.[Ir]. The van der Waals surface area contributed by atoms with E-state index in [1.54, 1.807) is 42.5 Å². The van der Waals surface area contributed by atoms with Crippen molar-refractivity contribution in [1.82, 2.24) is 9.97 Å². The number of hydrogen-bond donors (Lipinski definition) is 0. The molecule has 10 rings (SSSR count). The van der Waals surface area contributed by atoms with Crippen molar-refractivity contribution in [3.05, 3.63) is 215 Å². The maximum absolute atomic E-state index is 14.6. The molecule has 0 aliphatic heterocycles. The van der Waals surface area contributed by atoms with Crippen molar-refractivity contribution in [2.75, 3.05) is 0 Å². The summed E-state index contributed by atoms with van der Waals surface area (Å²) in [4.78, 5) is 8.13. The van der Waals surface area contributed by atoms with E-state index >= 15 is 0 Å². The molecule has 3 heterocycles. The summed E-state index contributed by atoms with van der Waals surface area (Å²) in [5.74, 6) is -12.6. The second kappa shape index (κ2) is 20.1. The van der Waals surface area contributed by atoms with E-state index in [1.807, 2.05) is 54.6 Å². The number of alkyl halides is 7. The fourth-order valence-corrected chi connectivity index (χ4v) is 8.09. The molecule has 0 N–H and O–H groups in total. The number of hydrogen-bond acceptors (Lipinski definition) is 3. The van der Waals surface area contributed by atoms with Crippen molar-refractivity contribution in [3.8, 4) is 67.0 Å². The predicted octanol–water partition coefficient (Wildman–Crippen LogP) is 17.8. The molecule has 0 aliphatic rings. The van der Waals surface area contributed by atoms with Gasteiger partial charge in [-0.15, -0.1) is 47.5 Å². The molecule has 3 nitrogen and oxygen atoms in total. The molecule has 0 spiro atoms. The molecule has 0 fully saturated rings. The van der Waals surface area contributed by atoms with Crippen LogP contribution in [0.3, 0.4) is 0 Å². The molecule has 0 saturated carbocycles. The Hall–Kier alpha value is -7.20. The monoisotopic (exact) mass is 1170 g/mol. The van der Waals surface area contributed by atoms with Crippen molar-refractivity contribution in [3.63, 3.8) is 0 Å². The average molecular weight is 1170 g/mol. The Morgan fingerprint density at radius 2 is 1.14 bits per heavy atom. The van der Waals surface area contributed by atoms with Gasteiger partial charge in [0, 0.05) is 73.7 Å². The van der Waals surface area contributed by atoms with Crippen LogP contribution in [-0.2, 0) is 26.0 Å². The molecule has 0 atom stereocenters. The van der Waals surface area contributed by atoms with Gasteiger partial charge in [0.05, 0.1) is 5.58 Å². The molecule has 0 amide bonds. The summed E-state index contributed by atoms with van der Waals surface area (Å²) < 4.78 is 246. The Morgan fingerprint density at radius 3 is 1.82 bits per heavy atom. The first-order valence-electron chi connectivity index (χ1n) is 30.3. The first kappa shape index (κ1) is 32.7. The zero-order chi connectivity index (χ0) is 65.4. The van der Waals surface area contributed by atoms with Crippen LogP contribution in [0.1, 0.15) is 63.6 Å². The van der Waals surface area contributed by atoms with E-state index < -0.39 is 76.0 Å². The molecular formula is C61H45F7IrN2O-2. The van der Waals surface area contributed by atoms with Gasteiger partial charge < -0.3 is 14.4 Å². The fraction of sp³-hybridized carbons (Fsp3) is 0.148. The summed E-state index contributed by atoms with van der Waals surface area (Å²) in [5, 5.41) is 1.05. The predicted molar refractivity (Wildman–Crippen MR) is 269 cm³/mol. The minimum Gasteiger partial charge on any atom is -0.500 e. The molecule has 365 valence electrons. The zero-order valence-corrected chi connectivity index (χ0v) is 39.3. The number of rotatable bonds is 8. The van der Waals surface area contributed by atoms with Crippen molar-refractivity contribution in [2.45, 2.75) is 59.1 Å². The van der Waals surface area contributed by atoms with E-state index in [4.69, 9.17) is 29.1 Å². The van der Waals surface area contributed by atoms with E-state index in [-0.39, 0.29) is 99.3 Å². The summed E-state index contributed by atoms with van der Waals surface area (Å²) in [6, 6.07) is 44.8. The quantitative estimate of drug-likeness (QED) is 0.112. The van der Waals surface area contributed by atoms with E-state index in [1.165, 1.54) is 36.4 Å². The standard InChI is InChI=1S/C39H30NO.C22H15F7N.Ir/c1-24-19-34(30-16-9-15-29(21-30)28-13-6-5-7-14-28)39-35(20-24)31-17-10-18-32(38(31)41-39)36-22-33(27(4)23-40-36)37-25(2)11-8-12-26(37)3;1-13-8-9-16(10-17(13)15-6-4-3-5-7-15)19-11-18(14(2)12-30-19)20(23,24)21(25,26)22(27,28)29;/h5-17,19-23H,1-4H3;3-8,10-12H,1-2H3;/q2*-1;/i1D3,2D3,3D3,4D3;1D3,2D3;. The molecule has 0 saturated heterocycles. The topological polar surface area (TPSA) is 38.9 Å². The fourth-order valence-electron chi connectivity index (χ4n) is 8.09. The smallest absolute Gasteiger partial charge is 0.460 e. The number of halogens is 7. The number of furan rings is 1. The largest absolute Gasteiger partial charge is 0.500 e. The van der Waals surface area contributed by atoms with Crippen LogP contribution >= 0.6 is 0 Å². The van der Waals surface area contributed by atoms with Gasteiger partial charge in [0.15, 0.2) is 0 Å². The van der Waals surface area contributed by atoms with Crippen LogP contribution in [0, 0.1) is 53.2 Å². The number of aromatic nitrogens is 2. The number of fused-ring (bicyclic) bond motifs is 3. The average Bonchev–Trinajstić information content (AvgIpc) is 1.21. The van der Waals surface area contributed by atoms with Crippen LogP contribution in [0.5, 0.6) is 0 Å². The molecule has 11 heteroatoms. The Balaban J connectivity index is 0.000000248. The Kier molecular flexibility index (Phi) is 9.14. The summed E-state index contributed by atoms with van der Waals surface area (Å²) >= 11 is 0. The van der Waals surface area contributed by atoms with Gasteiger partial charge in [0.1, 0.15) is 5.58 Å². The van der Waals surface area contributed by atoms with Gasteiger partial charge in [0.2, 0.25) is 0 Å². The summed E-state index contributed by atoms with van der Waals surface area (Å²) in [7, 11) is 0. The number of benzene rings is 7.